The van der Waals surface area contributed by atoms with Gasteiger partial charge in [-0.15, -0.1) is 0 Å². The highest BCUT2D eigenvalue weighted by atomic mass is 32.2. The van der Waals surface area contributed by atoms with Crippen molar-refractivity contribution in [3.05, 3.63) is 26.9 Å². The highest BCUT2D eigenvalue weighted by Crippen LogP contribution is 2.25. The molecule has 0 amide bonds. The van der Waals surface area contributed by atoms with E-state index in [9.17, 15) is 9.59 Å². The van der Waals surface area contributed by atoms with Gasteiger partial charge in [0.25, 0.3) is 5.56 Å². The van der Waals surface area contributed by atoms with E-state index in [0.29, 0.717) is 11.8 Å². The van der Waals surface area contributed by atoms with Crippen LogP contribution in [0.4, 0.5) is 5.82 Å². The number of nitrogens with two attached hydrogens (primary N) is 1. The smallest absolute Gasteiger partial charge is 0.329 e. The average Bonchev–Trinajstić information content (AvgIpc) is 2.25. The number of nitrogens with zero attached hydrogens (tertiary/aromatic N) is 1. The third-order valence-corrected chi connectivity index (χ3v) is 5.16. The van der Waals surface area contributed by atoms with Gasteiger partial charge in [0.15, 0.2) is 0 Å². The summed E-state index contributed by atoms with van der Waals surface area (Å²) in [4.78, 5) is 24.8. The molecule has 1 saturated heterocycles. The first-order valence-corrected chi connectivity index (χ1v) is 7.16. The second-order valence-electron chi connectivity index (χ2n) is 3.54. The standard InChI is InChI=1S/C9H13N3O2S2/c10-7-3-8(13)11-9(14)12(7)4-6-5-15-1-2-16-6/h3,6H,1-2,4-5,10H2,(H,11,13,14). The Morgan fingerprint density at radius 2 is 2.31 bits per heavy atom. The zero-order valence-corrected chi connectivity index (χ0v) is 10.3. The maximum atomic E-state index is 11.5. The van der Waals surface area contributed by atoms with Crippen LogP contribution >= 0.6 is 23.5 Å². The van der Waals surface area contributed by atoms with Crippen LogP contribution in [-0.2, 0) is 6.54 Å². The van der Waals surface area contributed by atoms with Gasteiger partial charge in [-0.1, -0.05) is 0 Å². The molecule has 1 aliphatic rings. The van der Waals surface area contributed by atoms with Crippen LogP contribution in [0.5, 0.6) is 0 Å². The Bertz CT molecular complexity index is 476. The van der Waals surface area contributed by atoms with Crippen molar-refractivity contribution in [2.75, 3.05) is 23.0 Å². The number of nitrogens with one attached hydrogen (secondary N) is 1. The molecule has 1 unspecified atom stereocenters. The van der Waals surface area contributed by atoms with Crippen molar-refractivity contribution in [2.45, 2.75) is 11.8 Å². The first-order valence-electron chi connectivity index (χ1n) is 4.96. The van der Waals surface area contributed by atoms with Gasteiger partial charge in [-0.25, -0.2) is 4.79 Å². The lowest BCUT2D eigenvalue weighted by molar-refractivity contribution is 0.655. The number of hydrogen-bond acceptors (Lipinski definition) is 5. The summed E-state index contributed by atoms with van der Waals surface area (Å²) in [5.74, 6) is 3.53. The Labute approximate surface area is 101 Å². The Balaban J connectivity index is 2.20. The molecular weight excluding hydrogens is 246 g/mol. The van der Waals surface area contributed by atoms with Gasteiger partial charge in [0, 0.05) is 35.1 Å². The maximum Gasteiger partial charge on any atom is 0.329 e. The SMILES string of the molecule is Nc1cc(=O)[nH]c(=O)n1CC1CSCCS1. The summed E-state index contributed by atoms with van der Waals surface area (Å²) in [5.41, 5.74) is 4.81. The first-order chi connectivity index (χ1) is 7.66. The molecule has 0 radical (unpaired) electrons. The Morgan fingerprint density at radius 3 is 2.94 bits per heavy atom. The third-order valence-electron chi connectivity index (χ3n) is 2.34. The second-order valence-corrected chi connectivity index (χ2v) is 6.10. The van der Waals surface area contributed by atoms with Gasteiger partial charge >= 0.3 is 5.69 Å². The Morgan fingerprint density at radius 1 is 1.50 bits per heavy atom. The largest absolute Gasteiger partial charge is 0.385 e. The van der Waals surface area contributed by atoms with Crippen molar-refractivity contribution in [1.29, 1.82) is 0 Å². The van der Waals surface area contributed by atoms with Gasteiger partial charge in [-0.3, -0.25) is 14.3 Å². The van der Waals surface area contributed by atoms with Gasteiger partial charge < -0.3 is 5.73 Å². The lowest BCUT2D eigenvalue weighted by Crippen LogP contribution is -2.35. The molecule has 0 aliphatic carbocycles. The maximum absolute atomic E-state index is 11.5. The van der Waals surface area contributed by atoms with Crippen LogP contribution in [0.2, 0.25) is 0 Å². The van der Waals surface area contributed by atoms with E-state index in [4.69, 9.17) is 5.73 Å². The monoisotopic (exact) mass is 259 g/mol. The number of aromatic nitrogens is 2. The fourth-order valence-electron chi connectivity index (χ4n) is 1.57. The van der Waals surface area contributed by atoms with E-state index in [1.807, 2.05) is 23.5 Å². The molecule has 1 aromatic heterocycles. The lowest BCUT2D eigenvalue weighted by Gasteiger charge is -2.22. The highest BCUT2D eigenvalue weighted by Gasteiger charge is 2.16. The third kappa shape index (κ3) is 2.65. The van der Waals surface area contributed by atoms with E-state index in [-0.39, 0.29) is 5.82 Å². The van der Waals surface area contributed by atoms with Crippen LogP contribution in [-0.4, -0.2) is 32.1 Å². The molecule has 5 nitrogen and oxygen atoms in total. The molecule has 1 aliphatic heterocycles. The van der Waals surface area contributed by atoms with Crippen molar-refractivity contribution in [1.82, 2.24) is 9.55 Å². The number of thioether (sulfide) groups is 2. The van der Waals surface area contributed by atoms with E-state index in [1.165, 1.54) is 10.6 Å². The molecule has 1 fully saturated rings. The predicted molar refractivity (Wildman–Crippen MR) is 69.3 cm³/mol. The van der Waals surface area contributed by atoms with Crippen molar-refractivity contribution in [2.24, 2.45) is 0 Å². The number of anilines is 1. The quantitative estimate of drug-likeness (QED) is 0.779. The zero-order valence-electron chi connectivity index (χ0n) is 8.64. The first kappa shape index (κ1) is 11.7. The molecule has 16 heavy (non-hydrogen) atoms. The van der Waals surface area contributed by atoms with Crippen molar-refractivity contribution in [3.8, 4) is 0 Å². The van der Waals surface area contributed by atoms with E-state index >= 15 is 0 Å². The second kappa shape index (κ2) is 5.01. The number of H-pyrrole nitrogens is 1. The van der Waals surface area contributed by atoms with Gasteiger partial charge in [-0.05, 0) is 0 Å². The normalized spacial score (nSPS) is 20.9. The zero-order chi connectivity index (χ0) is 11.5. The average molecular weight is 259 g/mol. The fraction of sp³-hybridized carbons (Fsp3) is 0.556. The van der Waals surface area contributed by atoms with Gasteiger partial charge in [-0.2, -0.15) is 23.5 Å². The van der Waals surface area contributed by atoms with Gasteiger partial charge in [0.05, 0.1) is 0 Å². The van der Waals surface area contributed by atoms with Crippen molar-refractivity contribution >= 4 is 29.3 Å². The van der Waals surface area contributed by atoms with Crippen LogP contribution in [0.1, 0.15) is 0 Å². The lowest BCUT2D eigenvalue weighted by atomic mass is 10.4. The summed E-state index contributed by atoms with van der Waals surface area (Å²) in [6.45, 7) is 0.569. The fourth-order valence-corrected chi connectivity index (χ4v) is 4.23. The Hall–Kier alpha value is -0.820. The highest BCUT2D eigenvalue weighted by molar-refractivity contribution is 8.06. The number of nitrogen functional groups attached to an aromatic ring is 1. The molecule has 88 valence electrons. The summed E-state index contributed by atoms with van der Waals surface area (Å²) in [6.07, 6.45) is 0. The van der Waals surface area contributed by atoms with E-state index in [1.54, 1.807) is 0 Å². The summed E-state index contributed by atoms with van der Waals surface area (Å²) >= 11 is 3.74. The van der Waals surface area contributed by atoms with Crippen LogP contribution in [0.25, 0.3) is 0 Å². The summed E-state index contributed by atoms with van der Waals surface area (Å²) in [5, 5.41) is 0.393. The molecule has 0 bridgehead atoms. The molecule has 3 N–H and O–H groups in total. The summed E-state index contributed by atoms with van der Waals surface area (Å²) in [7, 11) is 0. The molecular formula is C9H13N3O2S2. The molecule has 2 rings (SSSR count). The van der Waals surface area contributed by atoms with Crippen LogP contribution in [0.15, 0.2) is 15.7 Å². The minimum absolute atomic E-state index is 0.241. The Kier molecular flexibility index (Phi) is 3.65. The van der Waals surface area contributed by atoms with Gasteiger partial charge in [0.2, 0.25) is 0 Å². The minimum atomic E-state index is -0.440. The molecule has 7 heteroatoms. The van der Waals surface area contributed by atoms with Crippen molar-refractivity contribution in [3.63, 3.8) is 0 Å². The van der Waals surface area contributed by atoms with E-state index in [2.05, 4.69) is 4.98 Å². The molecule has 0 aromatic carbocycles. The summed E-state index contributed by atoms with van der Waals surface area (Å²) in [6, 6.07) is 1.25. The minimum Gasteiger partial charge on any atom is -0.385 e. The predicted octanol–water partition coefficient (Wildman–Crippen LogP) is -0.0326. The number of hydrogen-bond donors (Lipinski definition) is 2. The van der Waals surface area contributed by atoms with E-state index in [0.717, 1.165) is 17.3 Å². The van der Waals surface area contributed by atoms with Crippen LogP contribution in [0, 0.1) is 0 Å². The van der Waals surface area contributed by atoms with Gasteiger partial charge in [0.1, 0.15) is 5.82 Å². The molecule has 2 heterocycles. The summed E-state index contributed by atoms with van der Waals surface area (Å²) < 4.78 is 1.44. The number of aromatic amines is 1. The molecule has 1 atom stereocenters. The number of rotatable bonds is 2. The van der Waals surface area contributed by atoms with Crippen LogP contribution < -0.4 is 17.0 Å². The van der Waals surface area contributed by atoms with Crippen molar-refractivity contribution < 1.29 is 0 Å². The topological polar surface area (TPSA) is 80.9 Å². The molecule has 0 spiro atoms. The molecule has 0 saturated carbocycles. The van der Waals surface area contributed by atoms with Crippen LogP contribution in [0.3, 0.4) is 0 Å². The molecule has 1 aromatic rings. The van der Waals surface area contributed by atoms with E-state index < -0.39 is 11.2 Å².